The number of nitrogens with zero attached hydrogens (tertiary/aromatic N) is 1. The van der Waals surface area contributed by atoms with Crippen molar-refractivity contribution in [3.8, 4) is 11.5 Å². The number of para-hydroxylation sites is 2. The number of hydrogen-bond donors (Lipinski definition) is 2. The number of benzene rings is 2. The molecule has 0 saturated carbocycles. The minimum Gasteiger partial charge on any atom is -0.506 e. The summed E-state index contributed by atoms with van der Waals surface area (Å²) in [4.78, 5) is 37.8. The van der Waals surface area contributed by atoms with Gasteiger partial charge in [-0.3, -0.25) is 19.3 Å². The van der Waals surface area contributed by atoms with Gasteiger partial charge in [0.05, 0.1) is 17.7 Å². The fourth-order valence-electron chi connectivity index (χ4n) is 2.40. The van der Waals surface area contributed by atoms with Crippen molar-refractivity contribution in [1.82, 2.24) is 4.90 Å². The third-order valence-corrected chi connectivity index (χ3v) is 4.67. The Balaban J connectivity index is 1.69. The van der Waals surface area contributed by atoms with Gasteiger partial charge in [0.15, 0.2) is 0 Å². The standard InChI is InChI=1S/C19H16N2O5S/c1-26-13-8-6-12(7-9-13)10-16-18(24)21(19(25)27-16)11-17(23)20-14-4-2-3-5-15(14)22/h2-10,22H,11H2,1H3,(H,20,23)/b16-10-. The van der Waals surface area contributed by atoms with E-state index in [9.17, 15) is 19.5 Å². The van der Waals surface area contributed by atoms with Crippen molar-refractivity contribution in [2.75, 3.05) is 19.0 Å². The Labute approximate surface area is 159 Å². The van der Waals surface area contributed by atoms with Crippen LogP contribution in [0.25, 0.3) is 6.08 Å². The van der Waals surface area contributed by atoms with Crippen LogP contribution in [0.2, 0.25) is 0 Å². The summed E-state index contributed by atoms with van der Waals surface area (Å²) in [6.07, 6.45) is 1.59. The normalized spacial score (nSPS) is 15.3. The number of ether oxygens (including phenoxy) is 1. The largest absolute Gasteiger partial charge is 0.506 e. The molecule has 2 aromatic rings. The molecule has 1 saturated heterocycles. The zero-order valence-electron chi connectivity index (χ0n) is 14.3. The zero-order valence-corrected chi connectivity index (χ0v) is 15.2. The number of rotatable bonds is 5. The number of imide groups is 1. The van der Waals surface area contributed by atoms with E-state index in [0.717, 1.165) is 22.2 Å². The molecule has 0 atom stereocenters. The average molecular weight is 384 g/mol. The van der Waals surface area contributed by atoms with Gasteiger partial charge in [0.2, 0.25) is 5.91 Å². The Bertz CT molecular complexity index is 924. The molecule has 0 spiro atoms. The number of phenolic OH excluding ortho intramolecular Hbond substituents is 1. The third kappa shape index (κ3) is 4.29. The summed E-state index contributed by atoms with van der Waals surface area (Å²) in [7, 11) is 1.56. The van der Waals surface area contributed by atoms with Gasteiger partial charge in [0.25, 0.3) is 11.1 Å². The summed E-state index contributed by atoms with van der Waals surface area (Å²) < 4.78 is 5.08. The second-order valence-corrected chi connectivity index (χ2v) is 6.60. The Morgan fingerprint density at radius 3 is 2.56 bits per heavy atom. The number of phenols is 1. The minimum absolute atomic E-state index is 0.0978. The minimum atomic E-state index is -0.579. The monoisotopic (exact) mass is 384 g/mol. The number of aromatic hydroxyl groups is 1. The van der Waals surface area contributed by atoms with Crippen LogP contribution in [0.4, 0.5) is 10.5 Å². The van der Waals surface area contributed by atoms with Crippen LogP contribution >= 0.6 is 11.8 Å². The first-order valence-corrected chi connectivity index (χ1v) is 8.77. The van der Waals surface area contributed by atoms with E-state index in [-0.39, 0.29) is 16.3 Å². The summed E-state index contributed by atoms with van der Waals surface area (Å²) in [6.45, 7) is -0.432. The number of amides is 3. The van der Waals surface area contributed by atoms with Crippen LogP contribution in [-0.2, 0) is 9.59 Å². The number of carbonyl (C=O) groups is 3. The van der Waals surface area contributed by atoms with E-state index in [0.29, 0.717) is 5.75 Å². The van der Waals surface area contributed by atoms with Crippen LogP contribution in [0, 0.1) is 0 Å². The lowest BCUT2D eigenvalue weighted by molar-refractivity contribution is -0.127. The second kappa shape index (κ2) is 7.96. The molecule has 138 valence electrons. The van der Waals surface area contributed by atoms with Gasteiger partial charge in [-0.2, -0.15) is 0 Å². The molecule has 1 aliphatic heterocycles. The van der Waals surface area contributed by atoms with Gasteiger partial charge in [-0.1, -0.05) is 24.3 Å². The molecular formula is C19H16N2O5S. The van der Waals surface area contributed by atoms with Gasteiger partial charge in [0, 0.05) is 0 Å². The van der Waals surface area contributed by atoms with Crippen molar-refractivity contribution in [1.29, 1.82) is 0 Å². The van der Waals surface area contributed by atoms with Crippen LogP contribution in [0.3, 0.4) is 0 Å². The van der Waals surface area contributed by atoms with Gasteiger partial charge in [-0.15, -0.1) is 0 Å². The molecule has 0 bridgehead atoms. The second-order valence-electron chi connectivity index (χ2n) is 5.61. The van der Waals surface area contributed by atoms with Crippen LogP contribution in [0.15, 0.2) is 53.4 Å². The number of thioether (sulfide) groups is 1. The molecule has 7 nitrogen and oxygen atoms in total. The molecule has 8 heteroatoms. The maximum atomic E-state index is 12.5. The highest BCUT2D eigenvalue weighted by Gasteiger charge is 2.36. The van der Waals surface area contributed by atoms with Crippen molar-refractivity contribution >= 4 is 40.6 Å². The van der Waals surface area contributed by atoms with E-state index >= 15 is 0 Å². The van der Waals surface area contributed by atoms with E-state index in [1.165, 1.54) is 12.1 Å². The number of methoxy groups -OCH3 is 1. The maximum absolute atomic E-state index is 12.5. The summed E-state index contributed by atoms with van der Waals surface area (Å²) in [6, 6.07) is 13.2. The van der Waals surface area contributed by atoms with E-state index < -0.39 is 23.6 Å². The summed E-state index contributed by atoms with van der Waals surface area (Å²) in [5.41, 5.74) is 0.947. The quantitative estimate of drug-likeness (QED) is 0.608. The zero-order chi connectivity index (χ0) is 19.4. The first kappa shape index (κ1) is 18.5. The molecule has 2 N–H and O–H groups in total. The molecule has 27 heavy (non-hydrogen) atoms. The fraction of sp³-hybridized carbons (Fsp3) is 0.105. The predicted molar refractivity (Wildman–Crippen MR) is 102 cm³/mol. The highest BCUT2D eigenvalue weighted by atomic mass is 32.2. The lowest BCUT2D eigenvalue weighted by atomic mass is 10.2. The maximum Gasteiger partial charge on any atom is 0.294 e. The van der Waals surface area contributed by atoms with Crippen molar-refractivity contribution in [3.63, 3.8) is 0 Å². The molecule has 0 radical (unpaired) electrons. The van der Waals surface area contributed by atoms with Crippen LogP contribution in [0.1, 0.15) is 5.56 Å². The van der Waals surface area contributed by atoms with Crippen molar-refractivity contribution in [3.05, 3.63) is 59.0 Å². The molecule has 1 fully saturated rings. The number of anilines is 1. The topological polar surface area (TPSA) is 95.9 Å². The van der Waals surface area contributed by atoms with Gasteiger partial charge >= 0.3 is 0 Å². The summed E-state index contributed by atoms with van der Waals surface area (Å²) in [5, 5.41) is 11.6. The Morgan fingerprint density at radius 2 is 1.89 bits per heavy atom. The molecule has 3 amide bonds. The molecule has 0 aliphatic carbocycles. The SMILES string of the molecule is COc1ccc(/C=C2\SC(=O)N(CC(=O)Nc3ccccc3O)C2=O)cc1. The molecule has 0 unspecified atom stereocenters. The van der Waals surface area contributed by atoms with Crippen molar-refractivity contribution in [2.45, 2.75) is 0 Å². The highest BCUT2D eigenvalue weighted by molar-refractivity contribution is 8.18. The predicted octanol–water partition coefficient (Wildman–Crippen LogP) is 3.08. The van der Waals surface area contributed by atoms with E-state index in [1.54, 1.807) is 49.6 Å². The van der Waals surface area contributed by atoms with E-state index in [1.807, 2.05) is 0 Å². The highest BCUT2D eigenvalue weighted by Crippen LogP contribution is 2.32. The number of hydrogen-bond acceptors (Lipinski definition) is 6. The van der Waals surface area contributed by atoms with Gasteiger partial charge in [0.1, 0.15) is 18.0 Å². The molecular weight excluding hydrogens is 368 g/mol. The van der Waals surface area contributed by atoms with Crippen LogP contribution in [0.5, 0.6) is 11.5 Å². The molecule has 3 rings (SSSR count). The molecule has 2 aromatic carbocycles. The lowest BCUT2D eigenvalue weighted by Crippen LogP contribution is -2.36. The van der Waals surface area contributed by atoms with Gasteiger partial charge in [-0.05, 0) is 47.7 Å². The molecule has 1 aliphatic rings. The van der Waals surface area contributed by atoms with Gasteiger partial charge in [-0.25, -0.2) is 0 Å². The van der Waals surface area contributed by atoms with Gasteiger partial charge < -0.3 is 15.2 Å². The summed E-state index contributed by atoms with van der Waals surface area (Å²) >= 11 is 0.776. The first-order valence-electron chi connectivity index (χ1n) is 7.95. The Morgan fingerprint density at radius 1 is 1.19 bits per heavy atom. The number of carbonyl (C=O) groups excluding carboxylic acids is 3. The van der Waals surface area contributed by atoms with Crippen LogP contribution < -0.4 is 10.1 Å². The Hall–Kier alpha value is -3.26. The lowest BCUT2D eigenvalue weighted by Gasteiger charge is -2.13. The molecule has 0 aromatic heterocycles. The van der Waals surface area contributed by atoms with E-state index in [4.69, 9.17) is 4.74 Å². The van der Waals surface area contributed by atoms with Crippen molar-refractivity contribution < 1.29 is 24.2 Å². The third-order valence-electron chi connectivity index (χ3n) is 3.77. The smallest absolute Gasteiger partial charge is 0.294 e. The number of nitrogens with one attached hydrogen (secondary N) is 1. The fourth-order valence-corrected chi connectivity index (χ4v) is 3.24. The van der Waals surface area contributed by atoms with Crippen molar-refractivity contribution in [2.24, 2.45) is 0 Å². The average Bonchev–Trinajstić information content (AvgIpc) is 2.91. The summed E-state index contributed by atoms with van der Waals surface area (Å²) in [5.74, 6) is -0.529. The molecule has 1 heterocycles. The van der Waals surface area contributed by atoms with Crippen LogP contribution in [-0.4, -0.2) is 40.7 Å². The van der Waals surface area contributed by atoms with E-state index in [2.05, 4.69) is 5.32 Å². The Kier molecular flexibility index (Phi) is 5.46. The first-order chi connectivity index (χ1) is 13.0.